The highest BCUT2D eigenvalue weighted by molar-refractivity contribution is 5.85. The minimum atomic E-state index is -0.840. The predicted octanol–water partition coefficient (Wildman–Crippen LogP) is 2.44. The lowest BCUT2D eigenvalue weighted by Crippen LogP contribution is -2.46. The molecule has 1 heterocycles. The number of likely N-dealkylation sites (tertiary alicyclic amines) is 1. The van der Waals surface area contributed by atoms with Gasteiger partial charge in [-0.15, -0.1) is 0 Å². The van der Waals surface area contributed by atoms with Crippen molar-refractivity contribution in [3.05, 3.63) is 0 Å². The molecule has 0 radical (unpaired) electrons. The van der Waals surface area contributed by atoms with Crippen molar-refractivity contribution in [2.24, 2.45) is 5.41 Å². The van der Waals surface area contributed by atoms with E-state index in [1.165, 1.54) is 0 Å². The van der Waals surface area contributed by atoms with Gasteiger partial charge in [-0.1, -0.05) is 25.7 Å². The summed E-state index contributed by atoms with van der Waals surface area (Å²) >= 11 is 0. The van der Waals surface area contributed by atoms with Crippen LogP contribution < -0.4 is 0 Å². The summed E-state index contributed by atoms with van der Waals surface area (Å²) in [5.74, 6) is -0.806. The first kappa shape index (κ1) is 16.3. The third kappa shape index (κ3) is 3.96. The van der Waals surface area contributed by atoms with E-state index in [4.69, 9.17) is 4.74 Å². The molecule has 120 valence electrons. The number of ether oxygens (including phenoxy) is 1. The number of hydrogen-bond donors (Lipinski definition) is 1. The van der Waals surface area contributed by atoms with Crippen LogP contribution in [0.2, 0.25) is 0 Å². The SMILES string of the molecule is COC1CCCN(C(=O)CC2(C(=O)O)CCCCCC2)C1. The molecule has 21 heavy (non-hydrogen) atoms. The number of carboxylic acid groups (broad SMARTS) is 1. The van der Waals surface area contributed by atoms with Crippen molar-refractivity contribution in [1.82, 2.24) is 4.90 Å². The van der Waals surface area contributed by atoms with Crippen molar-refractivity contribution >= 4 is 11.9 Å². The first-order valence-electron chi connectivity index (χ1n) is 8.11. The number of carbonyl (C=O) groups is 2. The number of piperidine rings is 1. The fraction of sp³-hybridized carbons (Fsp3) is 0.875. The van der Waals surface area contributed by atoms with E-state index in [1.54, 1.807) is 12.0 Å². The summed E-state index contributed by atoms with van der Waals surface area (Å²) in [4.78, 5) is 26.1. The van der Waals surface area contributed by atoms with Crippen molar-refractivity contribution in [3.63, 3.8) is 0 Å². The van der Waals surface area contributed by atoms with Gasteiger partial charge in [0.15, 0.2) is 0 Å². The summed E-state index contributed by atoms with van der Waals surface area (Å²) in [7, 11) is 1.67. The van der Waals surface area contributed by atoms with Crippen molar-refractivity contribution in [3.8, 4) is 0 Å². The number of rotatable bonds is 4. The first-order valence-corrected chi connectivity index (χ1v) is 8.11. The summed E-state index contributed by atoms with van der Waals surface area (Å²) in [6.07, 6.45) is 7.42. The Labute approximate surface area is 126 Å². The zero-order chi connectivity index (χ0) is 15.3. The molecule has 1 saturated heterocycles. The van der Waals surface area contributed by atoms with E-state index in [2.05, 4.69) is 0 Å². The minimum Gasteiger partial charge on any atom is -0.481 e. The normalized spacial score (nSPS) is 26.1. The highest BCUT2D eigenvalue weighted by atomic mass is 16.5. The van der Waals surface area contributed by atoms with E-state index in [0.717, 1.165) is 45.1 Å². The molecule has 0 aromatic rings. The second-order valence-electron chi connectivity index (χ2n) is 6.52. The van der Waals surface area contributed by atoms with Gasteiger partial charge >= 0.3 is 5.97 Å². The average Bonchev–Trinajstić information content (AvgIpc) is 2.74. The number of nitrogens with zero attached hydrogens (tertiary/aromatic N) is 1. The van der Waals surface area contributed by atoms with Crippen LogP contribution in [0.3, 0.4) is 0 Å². The molecule has 0 spiro atoms. The molecule has 2 rings (SSSR count). The lowest BCUT2D eigenvalue weighted by atomic mass is 9.77. The van der Waals surface area contributed by atoms with Gasteiger partial charge in [-0.05, 0) is 25.7 Å². The predicted molar refractivity (Wildman–Crippen MR) is 79.0 cm³/mol. The third-order valence-electron chi connectivity index (χ3n) is 5.07. The molecule has 0 bridgehead atoms. The maximum absolute atomic E-state index is 12.6. The van der Waals surface area contributed by atoms with Crippen LogP contribution in [0.25, 0.3) is 0 Å². The molecule has 5 nitrogen and oxygen atoms in total. The number of methoxy groups -OCH3 is 1. The van der Waals surface area contributed by atoms with Crippen LogP contribution in [0.5, 0.6) is 0 Å². The first-order chi connectivity index (χ1) is 10.1. The van der Waals surface area contributed by atoms with Gasteiger partial charge in [-0.3, -0.25) is 9.59 Å². The second-order valence-corrected chi connectivity index (χ2v) is 6.52. The van der Waals surface area contributed by atoms with Crippen LogP contribution in [0.1, 0.15) is 57.8 Å². The summed E-state index contributed by atoms with van der Waals surface area (Å²) in [6.45, 7) is 1.33. The minimum absolute atomic E-state index is 0.0129. The summed E-state index contributed by atoms with van der Waals surface area (Å²) in [5, 5.41) is 9.66. The molecule has 2 aliphatic rings. The van der Waals surface area contributed by atoms with Gasteiger partial charge in [0, 0.05) is 26.6 Å². The van der Waals surface area contributed by atoms with Crippen LogP contribution in [-0.2, 0) is 14.3 Å². The van der Waals surface area contributed by atoms with Gasteiger partial charge in [-0.25, -0.2) is 0 Å². The standard InChI is InChI=1S/C16H27NO4/c1-21-13-7-6-10-17(12-13)14(18)11-16(15(19)20)8-4-2-3-5-9-16/h13H,2-12H2,1H3,(H,19,20). The molecule has 0 aromatic heterocycles. The Morgan fingerprint density at radius 1 is 1.19 bits per heavy atom. The Morgan fingerprint density at radius 2 is 1.86 bits per heavy atom. The second kappa shape index (κ2) is 7.25. The molecule has 1 saturated carbocycles. The molecule has 1 aliphatic heterocycles. The van der Waals surface area contributed by atoms with Gasteiger partial charge in [0.25, 0.3) is 0 Å². The van der Waals surface area contributed by atoms with Crippen LogP contribution >= 0.6 is 0 Å². The molecule has 1 N–H and O–H groups in total. The van der Waals surface area contributed by atoms with Crippen molar-refractivity contribution in [2.45, 2.75) is 63.9 Å². The number of amides is 1. The monoisotopic (exact) mass is 297 g/mol. The fourth-order valence-corrected chi connectivity index (χ4v) is 3.63. The Balaban J connectivity index is 2.02. The molecular formula is C16H27NO4. The molecule has 1 unspecified atom stereocenters. The van der Waals surface area contributed by atoms with Gasteiger partial charge in [-0.2, -0.15) is 0 Å². The van der Waals surface area contributed by atoms with Gasteiger partial charge in [0.2, 0.25) is 5.91 Å². The lowest BCUT2D eigenvalue weighted by molar-refractivity contribution is -0.155. The smallest absolute Gasteiger partial charge is 0.310 e. The van der Waals surface area contributed by atoms with Crippen LogP contribution in [0.15, 0.2) is 0 Å². The molecule has 0 aromatic carbocycles. The number of hydrogen-bond acceptors (Lipinski definition) is 3. The highest BCUT2D eigenvalue weighted by Crippen LogP contribution is 2.39. The fourth-order valence-electron chi connectivity index (χ4n) is 3.63. The zero-order valence-corrected chi connectivity index (χ0v) is 13.0. The van der Waals surface area contributed by atoms with Gasteiger partial charge in [0.1, 0.15) is 0 Å². The number of carboxylic acids is 1. The molecule has 1 atom stereocenters. The maximum atomic E-state index is 12.6. The molecule has 2 fully saturated rings. The number of aliphatic carboxylic acids is 1. The summed E-state index contributed by atoms with van der Waals surface area (Å²) in [6, 6.07) is 0. The third-order valence-corrected chi connectivity index (χ3v) is 5.07. The van der Waals surface area contributed by atoms with Crippen molar-refractivity contribution in [2.75, 3.05) is 20.2 Å². The van der Waals surface area contributed by atoms with E-state index in [-0.39, 0.29) is 18.4 Å². The average molecular weight is 297 g/mol. The molecular weight excluding hydrogens is 270 g/mol. The quantitative estimate of drug-likeness (QED) is 0.809. The molecule has 1 amide bonds. The van der Waals surface area contributed by atoms with Crippen LogP contribution in [-0.4, -0.2) is 48.2 Å². The van der Waals surface area contributed by atoms with Gasteiger partial charge < -0.3 is 14.7 Å². The molecule has 1 aliphatic carbocycles. The van der Waals surface area contributed by atoms with E-state index in [9.17, 15) is 14.7 Å². The maximum Gasteiger partial charge on any atom is 0.310 e. The Morgan fingerprint density at radius 3 is 2.43 bits per heavy atom. The Hall–Kier alpha value is -1.10. The Bertz CT molecular complexity index is 374. The van der Waals surface area contributed by atoms with Crippen molar-refractivity contribution < 1.29 is 19.4 Å². The lowest BCUT2D eigenvalue weighted by Gasteiger charge is -2.35. The van der Waals surface area contributed by atoms with Crippen LogP contribution in [0.4, 0.5) is 0 Å². The molecule has 5 heteroatoms. The summed E-state index contributed by atoms with van der Waals surface area (Å²) in [5.41, 5.74) is -0.840. The highest BCUT2D eigenvalue weighted by Gasteiger charge is 2.42. The summed E-state index contributed by atoms with van der Waals surface area (Å²) < 4.78 is 5.34. The van der Waals surface area contributed by atoms with Crippen molar-refractivity contribution in [1.29, 1.82) is 0 Å². The number of carbonyl (C=O) groups excluding carboxylic acids is 1. The van der Waals surface area contributed by atoms with E-state index >= 15 is 0 Å². The van der Waals surface area contributed by atoms with Gasteiger partial charge in [0.05, 0.1) is 11.5 Å². The van der Waals surface area contributed by atoms with E-state index in [0.29, 0.717) is 19.4 Å². The topological polar surface area (TPSA) is 66.8 Å². The van der Waals surface area contributed by atoms with E-state index < -0.39 is 11.4 Å². The zero-order valence-electron chi connectivity index (χ0n) is 13.0. The van der Waals surface area contributed by atoms with Crippen LogP contribution in [0, 0.1) is 5.41 Å². The largest absolute Gasteiger partial charge is 0.481 e. The Kier molecular flexibility index (Phi) is 5.62. The van der Waals surface area contributed by atoms with E-state index in [1.807, 2.05) is 0 Å².